The number of H-pyrrole nitrogens is 1. The Labute approximate surface area is 162 Å². The average molecular weight is 418 g/mol. The number of likely N-dealkylation sites (tertiary alicyclic amines) is 1. The minimum Gasteiger partial charge on any atom is -0.354 e. The summed E-state index contributed by atoms with van der Waals surface area (Å²) >= 11 is 3.44. The third-order valence-corrected chi connectivity index (χ3v) is 5.29. The average Bonchev–Trinajstić information content (AvgIpc) is 2.97. The summed E-state index contributed by atoms with van der Waals surface area (Å²) in [6.45, 7) is 5.55. The number of hydrogen-bond acceptors (Lipinski definition) is 2. The van der Waals surface area contributed by atoms with Crippen molar-refractivity contribution in [3.63, 3.8) is 0 Å². The summed E-state index contributed by atoms with van der Waals surface area (Å²) < 4.78 is 0.996. The second kappa shape index (κ2) is 8.08. The predicted octanol–water partition coefficient (Wildman–Crippen LogP) is 3.56. The lowest BCUT2D eigenvalue weighted by molar-refractivity contribution is -0.126. The van der Waals surface area contributed by atoms with E-state index in [1.54, 1.807) is 4.90 Å². The van der Waals surface area contributed by atoms with Gasteiger partial charge in [-0.1, -0.05) is 28.1 Å². The van der Waals surface area contributed by atoms with Crippen molar-refractivity contribution >= 4 is 27.7 Å². The zero-order chi connectivity index (χ0) is 18.7. The second-order valence-corrected chi connectivity index (χ2v) is 7.86. The molecule has 0 saturated carbocycles. The van der Waals surface area contributed by atoms with Crippen LogP contribution in [0.1, 0.15) is 40.2 Å². The summed E-state index contributed by atoms with van der Waals surface area (Å²) in [5.74, 6) is -0.154. The van der Waals surface area contributed by atoms with E-state index in [-0.39, 0.29) is 17.7 Å². The molecule has 1 saturated heterocycles. The number of aromatic amines is 1. The van der Waals surface area contributed by atoms with Crippen LogP contribution in [0, 0.1) is 19.8 Å². The molecule has 26 heavy (non-hydrogen) atoms. The van der Waals surface area contributed by atoms with Gasteiger partial charge in [0.2, 0.25) is 5.91 Å². The SMILES string of the molecule is Cc1cc(C)c(C(=O)N2CCC[C@@H](C(=O)NCc3cccc(Br)c3)C2)[nH]1. The van der Waals surface area contributed by atoms with Gasteiger partial charge in [0, 0.05) is 29.8 Å². The van der Waals surface area contributed by atoms with Gasteiger partial charge in [0.15, 0.2) is 0 Å². The summed E-state index contributed by atoms with van der Waals surface area (Å²) in [6, 6.07) is 9.86. The van der Waals surface area contributed by atoms with Crippen molar-refractivity contribution in [3.05, 3.63) is 57.3 Å². The highest BCUT2D eigenvalue weighted by atomic mass is 79.9. The first-order valence-corrected chi connectivity index (χ1v) is 9.71. The van der Waals surface area contributed by atoms with Gasteiger partial charge in [-0.2, -0.15) is 0 Å². The Balaban J connectivity index is 1.60. The normalized spacial score (nSPS) is 17.2. The summed E-state index contributed by atoms with van der Waals surface area (Å²) in [5.41, 5.74) is 3.62. The minimum atomic E-state index is -0.156. The number of carbonyl (C=O) groups excluding carboxylic acids is 2. The molecule has 1 aromatic carbocycles. The predicted molar refractivity (Wildman–Crippen MR) is 105 cm³/mol. The number of piperidine rings is 1. The summed E-state index contributed by atoms with van der Waals surface area (Å²) in [5, 5.41) is 3.01. The highest BCUT2D eigenvalue weighted by Crippen LogP contribution is 2.20. The highest BCUT2D eigenvalue weighted by molar-refractivity contribution is 9.10. The molecule has 3 rings (SSSR count). The third-order valence-electron chi connectivity index (χ3n) is 4.80. The van der Waals surface area contributed by atoms with Crippen molar-refractivity contribution < 1.29 is 9.59 Å². The van der Waals surface area contributed by atoms with Crippen LogP contribution in [0.2, 0.25) is 0 Å². The van der Waals surface area contributed by atoms with E-state index in [0.717, 1.165) is 34.1 Å². The minimum absolute atomic E-state index is 0.0138. The van der Waals surface area contributed by atoms with Gasteiger partial charge in [0.1, 0.15) is 5.69 Å². The summed E-state index contributed by atoms with van der Waals surface area (Å²) in [6.07, 6.45) is 1.66. The Bertz CT molecular complexity index is 815. The highest BCUT2D eigenvalue weighted by Gasteiger charge is 2.29. The van der Waals surface area contributed by atoms with Crippen LogP contribution < -0.4 is 5.32 Å². The number of nitrogens with one attached hydrogen (secondary N) is 2. The van der Waals surface area contributed by atoms with E-state index in [1.165, 1.54) is 0 Å². The molecule has 138 valence electrons. The van der Waals surface area contributed by atoms with Crippen molar-refractivity contribution in [1.82, 2.24) is 15.2 Å². The van der Waals surface area contributed by atoms with Gasteiger partial charge in [-0.25, -0.2) is 0 Å². The van der Waals surface area contributed by atoms with E-state index >= 15 is 0 Å². The first-order chi connectivity index (χ1) is 12.4. The molecule has 2 heterocycles. The largest absolute Gasteiger partial charge is 0.354 e. The van der Waals surface area contributed by atoms with Crippen LogP contribution in [-0.2, 0) is 11.3 Å². The fourth-order valence-electron chi connectivity index (χ4n) is 3.47. The number of aryl methyl sites for hydroxylation is 2. The molecule has 0 aliphatic carbocycles. The third kappa shape index (κ3) is 4.36. The lowest BCUT2D eigenvalue weighted by Gasteiger charge is -2.32. The van der Waals surface area contributed by atoms with Crippen LogP contribution in [0.3, 0.4) is 0 Å². The first-order valence-electron chi connectivity index (χ1n) is 8.91. The van der Waals surface area contributed by atoms with Crippen LogP contribution in [0.15, 0.2) is 34.8 Å². The summed E-state index contributed by atoms with van der Waals surface area (Å²) in [7, 11) is 0. The Morgan fingerprint density at radius 3 is 2.81 bits per heavy atom. The molecule has 0 unspecified atom stereocenters. The number of aromatic nitrogens is 1. The summed E-state index contributed by atoms with van der Waals surface area (Å²) in [4.78, 5) is 30.3. The lowest BCUT2D eigenvalue weighted by Crippen LogP contribution is -2.45. The molecular weight excluding hydrogens is 394 g/mol. The molecule has 2 N–H and O–H groups in total. The first kappa shape index (κ1) is 18.7. The molecule has 1 fully saturated rings. The Morgan fingerprint density at radius 1 is 1.31 bits per heavy atom. The molecule has 0 radical (unpaired) electrons. The maximum absolute atomic E-state index is 12.8. The number of benzene rings is 1. The van der Waals surface area contributed by atoms with E-state index in [9.17, 15) is 9.59 Å². The number of amides is 2. The molecule has 1 aliphatic heterocycles. The topological polar surface area (TPSA) is 65.2 Å². The lowest BCUT2D eigenvalue weighted by atomic mass is 9.96. The number of halogens is 1. The molecule has 5 nitrogen and oxygen atoms in total. The molecule has 0 bridgehead atoms. The molecular formula is C20H24BrN3O2. The second-order valence-electron chi connectivity index (χ2n) is 6.95. The smallest absolute Gasteiger partial charge is 0.270 e. The van der Waals surface area contributed by atoms with Gasteiger partial charge in [-0.3, -0.25) is 9.59 Å². The standard InChI is InChI=1S/C20H24BrN3O2/c1-13-9-14(2)23-18(13)20(26)24-8-4-6-16(12-24)19(25)22-11-15-5-3-7-17(21)10-15/h3,5,7,9-10,16,23H,4,6,8,11-12H2,1-2H3,(H,22,25)/t16-/m1/s1. The Hall–Kier alpha value is -2.08. The molecule has 1 aromatic heterocycles. The van der Waals surface area contributed by atoms with Crippen LogP contribution in [0.5, 0.6) is 0 Å². The van der Waals surface area contributed by atoms with Crippen LogP contribution in [0.4, 0.5) is 0 Å². The number of rotatable bonds is 4. The molecule has 1 atom stereocenters. The Kier molecular flexibility index (Phi) is 5.81. The van der Waals surface area contributed by atoms with Gasteiger partial charge < -0.3 is 15.2 Å². The van der Waals surface area contributed by atoms with Crippen LogP contribution in [0.25, 0.3) is 0 Å². The van der Waals surface area contributed by atoms with E-state index in [0.29, 0.717) is 25.3 Å². The van der Waals surface area contributed by atoms with Gasteiger partial charge in [-0.15, -0.1) is 0 Å². The zero-order valence-corrected chi connectivity index (χ0v) is 16.7. The van der Waals surface area contributed by atoms with Crippen LogP contribution in [-0.4, -0.2) is 34.8 Å². The van der Waals surface area contributed by atoms with E-state index in [2.05, 4.69) is 26.2 Å². The van der Waals surface area contributed by atoms with E-state index in [4.69, 9.17) is 0 Å². The maximum atomic E-state index is 12.8. The van der Waals surface area contributed by atoms with Gasteiger partial charge >= 0.3 is 0 Å². The quantitative estimate of drug-likeness (QED) is 0.798. The number of nitrogens with zero attached hydrogens (tertiary/aromatic N) is 1. The Morgan fingerprint density at radius 2 is 2.12 bits per heavy atom. The van der Waals surface area contributed by atoms with E-state index < -0.39 is 0 Å². The van der Waals surface area contributed by atoms with Crippen molar-refractivity contribution in [3.8, 4) is 0 Å². The molecule has 6 heteroatoms. The van der Waals surface area contributed by atoms with Crippen molar-refractivity contribution in [2.45, 2.75) is 33.2 Å². The molecule has 2 amide bonds. The molecule has 1 aliphatic rings. The maximum Gasteiger partial charge on any atom is 0.270 e. The monoisotopic (exact) mass is 417 g/mol. The number of hydrogen-bond donors (Lipinski definition) is 2. The molecule has 2 aromatic rings. The van der Waals surface area contributed by atoms with Gasteiger partial charge in [0.05, 0.1) is 5.92 Å². The fourth-order valence-corrected chi connectivity index (χ4v) is 3.91. The zero-order valence-electron chi connectivity index (χ0n) is 15.1. The van der Waals surface area contributed by atoms with Gasteiger partial charge in [-0.05, 0) is 56.0 Å². The van der Waals surface area contributed by atoms with Gasteiger partial charge in [0.25, 0.3) is 5.91 Å². The van der Waals surface area contributed by atoms with Crippen molar-refractivity contribution in [2.24, 2.45) is 5.92 Å². The number of carbonyl (C=O) groups is 2. The van der Waals surface area contributed by atoms with Crippen molar-refractivity contribution in [1.29, 1.82) is 0 Å². The van der Waals surface area contributed by atoms with Crippen LogP contribution >= 0.6 is 15.9 Å². The molecule has 0 spiro atoms. The van der Waals surface area contributed by atoms with E-state index in [1.807, 2.05) is 44.2 Å². The van der Waals surface area contributed by atoms with Crippen molar-refractivity contribution in [2.75, 3.05) is 13.1 Å². The fraction of sp³-hybridized carbons (Fsp3) is 0.400.